The Bertz CT molecular complexity index is 1170. The Morgan fingerprint density at radius 2 is 1.55 bits per heavy atom. The van der Waals surface area contributed by atoms with Gasteiger partial charge in [0.1, 0.15) is 16.5 Å². The number of amides is 1. The van der Waals surface area contributed by atoms with Crippen molar-refractivity contribution >= 4 is 34.1 Å². The molecule has 6 heteroatoms. The van der Waals surface area contributed by atoms with Gasteiger partial charge in [-0.3, -0.25) is 4.79 Å². The van der Waals surface area contributed by atoms with E-state index >= 15 is 0 Å². The molecule has 1 N–H and O–H groups in total. The van der Waals surface area contributed by atoms with E-state index in [1.54, 1.807) is 19.1 Å². The molecule has 3 aromatic carbocycles. The predicted octanol–water partition coefficient (Wildman–Crippen LogP) is 5.56. The van der Waals surface area contributed by atoms with Gasteiger partial charge in [0.25, 0.3) is 0 Å². The van der Waals surface area contributed by atoms with Crippen molar-refractivity contribution in [2.45, 2.75) is 17.2 Å². The van der Waals surface area contributed by atoms with Crippen molar-refractivity contribution in [3.63, 3.8) is 0 Å². The Kier molecular flexibility index (Phi) is 5.53. The van der Waals surface area contributed by atoms with E-state index in [0.29, 0.717) is 5.03 Å². The van der Waals surface area contributed by atoms with Crippen molar-refractivity contribution in [3.05, 3.63) is 84.7 Å². The van der Waals surface area contributed by atoms with Crippen LogP contribution in [-0.2, 0) is 4.79 Å². The van der Waals surface area contributed by atoms with Crippen molar-refractivity contribution in [1.29, 1.82) is 0 Å². The Labute approximate surface area is 172 Å². The maximum Gasteiger partial charge on any atom is 0.237 e. The quantitative estimate of drug-likeness (QED) is 0.444. The lowest BCUT2D eigenvalue weighted by atomic mass is 10.1. The number of anilines is 1. The number of nitrogens with zero attached hydrogens (tertiary/aromatic N) is 2. The highest BCUT2D eigenvalue weighted by Gasteiger charge is 2.19. The minimum Gasteiger partial charge on any atom is -0.323 e. The third kappa shape index (κ3) is 4.12. The van der Waals surface area contributed by atoms with Gasteiger partial charge in [-0.25, -0.2) is 4.39 Å². The molecule has 0 saturated heterocycles. The van der Waals surface area contributed by atoms with Gasteiger partial charge >= 0.3 is 0 Å². The molecule has 4 nitrogen and oxygen atoms in total. The molecule has 1 amide bonds. The molecular formula is C23H18FN3OS. The van der Waals surface area contributed by atoms with Crippen LogP contribution in [0.1, 0.15) is 6.92 Å². The maximum absolute atomic E-state index is 13.8. The number of rotatable bonds is 5. The standard InChI is InChI=1S/C23H18FN3OS/c1-15(22(28)25-20-14-8-7-13-19(20)24)29-23-18-12-6-5-11-17(18)21(26-27-23)16-9-3-2-4-10-16/h2-15H,1H3,(H,25,28)/t15-/m1/s1. The van der Waals surface area contributed by atoms with E-state index in [4.69, 9.17) is 0 Å². The average molecular weight is 403 g/mol. The first kappa shape index (κ1) is 19.1. The SMILES string of the molecule is C[C@@H](Sc1nnc(-c2ccccc2)c2ccccc12)C(=O)Nc1ccccc1F. The number of para-hydroxylation sites is 1. The van der Waals surface area contributed by atoms with Crippen LogP contribution in [-0.4, -0.2) is 21.4 Å². The van der Waals surface area contributed by atoms with Crippen molar-refractivity contribution in [2.24, 2.45) is 0 Å². The molecular weight excluding hydrogens is 385 g/mol. The molecule has 0 radical (unpaired) electrons. The molecule has 4 aromatic rings. The van der Waals surface area contributed by atoms with E-state index in [9.17, 15) is 9.18 Å². The monoisotopic (exact) mass is 403 g/mol. The van der Waals surface area contributed by atoms with E-state index < -0.39 is 11.1 Å². The van der Waals surface area contributed by atoms with E-state index in [2.05, 4.69) is 15.5 Å². The van der Waals surface area contributed by atoms with Gasteiger partial charge in [-0.15, -0.1) is 10.2 Å². The van der Waals surface area contributed by atoms with E-state index in [0.717, 1.165) is 22.0 Å². The Balaban J connectivity index is 1.61. The molecule has 4 rings (SSSR count). The van der Waals surface area contributed by atoms with Crippen LogP contribution in [0.3, 0.4) is 0 Å². The number of carbonyl (C=O) groups excluding carboxylic acids is 1. The topological polar surface area (TPSA) is 54.9 Å². The van der Waals surface area contributed by atoms with Gasteiger partial charge in [-0.1, -0.05) is 78.5 Å². The summed E-state index contributed by atoms with van der Waals surface area (Å²) >= 11 is 1.30. The predicted molar refractivity (Wildman–Crippen MR) is 115 cm³/mol. The molecule has 0 saturated carbocycles. The van der Waals surface area contributed by atoms with Crippen LogP contribution in [0.15, 0.2) is 83.9 Å². The Morgan fingerprint density at radius 1 is 0.897 bits per heavy atom. The first-order chi connectivity index (χ1) is 14.1. The molecule has 0 unspecified atom stereocenters. The normalized spacial score (nSPS) is 11.9. The zero-order chi connectivity index (χ0) is 20.2. The molecule has 0 aliphatic carbocycles. The summed E-state index contributed by atoms with van der Waals surface area (Å²) in [5.41, 5.74) is 1.95. The molecule has 0 bridgehead atoms. The molecule has 1 heterocycles. The summed E-state index contributed by atoms with van der Waals surface area (Å²) in [6.45, 7) is 1.77. The summed E-state index contributed by atoms with van der Waals surface area (Å²) in [4.78, 5) is 12.5. The summed E-state index contributed by atoms with van der Waals surface area (Å²) in [5.74, 6) is -0.756. The Hall–Kier alpha value is -3.25. The van der Waals surface area contributed by atoms with Crippen LogP contribution >= 0.6 is 11.8 Å². The highest BCUT2D eigenvalue weighted by Crippen LogP contribution is 2.33. The molecule has 0 aliphatic heterocycles. The van der Waals surface area contributed by atoms with Crippen molar-refractivity contribution in [2.75, 3.05) is 5.32 Å². The fraction of sp³-hybridized carbons (Fsp3) is 0.0870. The number of fused-ring (bicyclic) bond motifs is 1. The zero-order valence-electron chi connectivity index (χ0n) is 15.7. The third-order valence-electron chi connectivity index (χ3n) is 4.49. The molecule has 29 heavy (non-hydrogen) atoms. The van der Waals surface area contributed by atoms with Gasteiger partial charge < -0.3 is 5.32 Å². The summed E-state index contributed by atoms with van der Waals surface area (Å²) in [5, 5.41) is 13.5. The summed E-state index contributed by atoms with van der Waals surface area (Å²) in [6, 6.07) is 23.8. The van der Waals surface area contributed by atoms with Crippen LogP contribution < -0.4 is 5.32 Å². The summed E-state index contributed by atoms with van der Waals surface area (Å²) in [7, 11) is 0. The van der Waals surface area contributed by atoms with E-state index in [-0.39, 0.29) is 11.6 Å². The number of benzene rings is 3. The summed E-state index contributed by atoms with van der Waals surface area (Å²) < 4.78 is 13.8. The minimum absolute atomic E-state index is 0.167. The van der Waals surface area contributed by atoms with Gasteiger partial charge in [0, 0.05) is 16.3 Å². The van der Waals surface area contributed by atoms with Gasteiger partial charge in [0.05, 0.1) is 10.9 Å². The zero-order valence-corrected chi connectivity index (χ0v) is 16.5. The minimum atomic E-state index is -0.477. The second-order valence-corrected chi connectivity index (χ2v) is 7.82. The number of aromatic nitrogens is 2. The lowest BCUT2D eigenvalue weighted by Crippen LogP contribution is -2.23. The second-order valence-electron chi connectivity index (χ2n) is 6.49. The molecule has 0 fully saturated rings. The maximum atomic E-state index is 13.8. The number of hydrogen-bond acceptors (Lipinski definition) is 4. The first-order valence-corrected chi connectivity index (χ1v) is 10.0. The molecule has 0 spiro atoms. The molecule has 0 aliphatic rings. The number of hydrogen-bond donors (Lipinski definition) is 1. The lowest BCUT2D eigenvalue weighted by Gasteiger charge is -2.14. The molecule has 1 aromatic heterocycles. The van der Waals surface area contributed by atoms with Gasteiger partial charge in [0.15, 0.2) is 0 Å². The van der Waals surface area contributed by atoms with Gasteiger partial charge in [-0.05, 0) is 19.1 Å². The molecule has 144 valence electrons. The van der Waals surface area contributed by atoms with E-state index in [1.807, 2.05) is 54.6 Å². The fourth-order valence-electron chi connectivity index (χ4n) is 2.99. The fourth-order valence-corrected chi connectivity index (χ4v) is 3.89. The first-order valence-electron chi connectivity index (χ1n) is 9.16. The lowest BCUT2D eigenvalue weighted by molar-refractivity contribution is -0.115. The van der Waals surface area contributed by atoms with Crippen molar-refractivity contribution in [1.82, 2.24) is 10.2 Å². The highest BCUT2D eigenvalue weighted by atomic mass is 32.2. The van der Waals surface area contributed by atoms with Crippen LogP contribution in [0.2, 0.25) is 0 Å². The van der Waals surface area contributed by atoms with Gasteiger partial charge in [0.2, 0.25) is 5.91 Å². The van der Waals surface area contributed by atoms with Gasteiger partial charge in [-0.2, -0.15) is 0 Å². The van der Waals surface area contributed by atoms with Crippen LogP contribution in [0, 0.1) is 5.82 Å². The summed E-state index contributed by atoms with van der Waals surface area (Å²) in [6.07, 6.45) is 0. The highest BCUT2D eigenvalue weighted by molar-refractivity contribution is 8.00. The largest absolute Gasteiger partial charge is 0.323 e. The molecule has 1 atom stereocenters. The van der Waals surface area contributed by atoms with Crippen molar-refractivity contribution in [3.8, 4) is 11.3 Å². The van der Waals surface area contributed by atoms with Crippen LogP contribution in [0.4, 0.5) is 10.1 Å². The van der Waals surface area contributed by atoms with Crippen molar-refractivity contribution < 1.29 is 9.18 Å². The second kappa shape index (κ2) is 8.41. The number of halogens is 1. The number of nitrogens with one attached hydrogen (secondary N) is 1. The Morgan fingerprint density at radius 3 is 2.31 bits per heavy atom. The average Bonchev–Trinajstić information content (AvgIpc) is 2.76. The smallest absolute Gasteiger partial charge is 0.237 e. The number of thioether (sulfide) groups is 1. The van der Waals surface area contributed by atoms with Crippen LogP contribution in [0.5, 0.6) is 0 Å². The van der Waals surface area contributed by atoms with E-state index in [1.165, 1.54) is 23.9 Å². The third-order valence-corrected chi connectivity index (χ3v) is 5.58. The van der Waals surface area contributed by atoms with Crippen LogP contribution in [0.25, 0.3) is 22.0 Å². The number of carbonyl (C=O) groups is 1.